The molecule has 0 spiro atoms. The fraction of sp³-hybridized carbons (Fsp3) is 0.100. The number of para-hydroxylation sites is 12. The number of nitrogens with zero attached hydrogens (tertiary/aromatic N) is 8. The lowest BCUT2D eigenvalue weighted by molar-refractivity contribution is 0.869. The number of aromatic nitrogens is 8. The van der Waals surface area contributed by atoms with Crippen LogP contribution in [-0.4, -0.2) is 35.9 Å². The SMILES string of the molecule is CC(C)c1c2c3cccc4c5cc6c(cc5n(c2c(C(C)C)c2c5cccc7c8cc9c(cc8n(c12)c75)c1ccccc1n9-c1ccccc1)c43)c1ccccc1n6-c1ccccc1.CC(C)c1c2c3cccc4c5cc6c7ccccc7n(-c7ccccc7)c6cc5n(c2c(C(C)C)c2c5cccc6c7cc8c9ccccc9n(-c9ccccc9)c8cc7n(c12)c65)c43. The van der Waals surface area contributed by atoms with Crippen LogP contribution in [0.2, 0.25) is 0 Å². The number of fused-ring (bicyclic) bond motifs is 36. The molecule has 0 saturated heterocycles. The summed E-state index contributed by atoms with van der Waals surface area (Å²) >= 11 is 0. The molecule has 12 heterocycles. The molecule has 8 nitrogen and oxygen atoms in total. The van der Waals surface area contributed by atoms with Crippen molar-refractivity contribution >= 4 is 240 Å². The molecule has 128 heavy (non-hydrogen) atoms. The number of rotatable bonds is 8. The van der Waals surface area contributed by atoms with Crippen LogP contribution in [-0.2, 0) is 0 Å². The van der Waals surface area contributed by atoms with Gasteiger partial charge in [-0.05, 0) is 167 Å². The fourth-order valence-electron chi connectivity index (χ4n) is 25.1. The lowest BCUT2D eigenvalue weighted by atomic mass is 9.87. The van der Waals surface area contributed by atoms with Crippen LogP contribution in [0.25, 0.3) is 262 Å². The molecule has 0 aliphatic carbocycles. The average Bonchev–Trinajstić information content (AvgIpc) is 1.49. The summed E-state index contributed by atoms with van der Waals surface area (Å²) in [6.45, 7) is 19.3. The molecule has 30 rings (SSSR count). The zero-order valence-corrected chi connectivity index (χ0v) is 72.2. The molecule has 604 valence electrons. The van der Waals surface area contributed by atoms with Gasteiger partial charge in [-0.1, -0.05) is 274 Å². The minimum absolute atomic E-state index is 0.253. The van der Waals surface area contributed by atoms with E-state index < -0.39 is 0 Å². The standard InChI is InChI=1S/2C60H42N4/c1-33(2)53-55-41-25-15-23-39-46-32-50-44(38-22-12-14-28-48(38)62(50)36-19-9-6-10-20-36)30-52(46)64(57(39)41)60(55)54(34(3)4)56-42-26-16-24-40-45-31-49-43(29-51(45)63(58(40)42)59(53)56)37-21-11-13-27-47(37)61(49)35-17-7-5-8-18-35;1-33(2)53-55-41-25-15-23-39-46-30-44-38-22-12-14-28-48(38)62(36-19-9-6-10-20-36)50(44)32-52(46)64(57(39)41)60(55)54(34(3)4)56-42-26-16-24-40-45-29-43-37-21-11-13-27-47(37)61(35-17-7-5-8-18-35)49(43)31-51(45)63(58(40)42)59(53)56/h2*5-34H,1-4H3. The van der Waals surface area contributed by atoms with Gasteiger partial charge in [0.15, 0.2) is 0 Å². The maximum atomic E-state index is 2.68. The number of hydrogen-bond acceptors (Lipinski definition) is 0. The highest BCUT2D eigenvalue weighted by atomic mass is 15.0. The van der Waals surface area contributed by atoms with Crippen molar-refractivity contribution in [3.63, 3.8) is 0 Å². The van der Waals surface area contributed by atoms with E-state index in [1.165, 1.54) is 285 Å². The van der Waals surface area contributed by atoms with Gasteiger partial charge in [0.05, 0.1) is 110 Å². The van der Waals surface area contributed by atoms with Crippen molar-refractivity contribution in [2.75, 3.05) is 0 Å². The second kappa shape index (κ2) is 25.1. The van der Waals surface area contributed by atoms with E-state index in [9.17, 15) is 0 Å². The molecule has 18 aromatic carbocycles. The zero-order chi connectivity index (χ0) is 84.5. The molecular formula is C120H84N8. The van der Waals surface area contributed by atoms with Crippen LogP contribution in [0.3, 0.4) is 0 Å². The molecular weight excluding hydrogens is 1550 g/mol. The van der Waals surface area contributed by atoms with E-state index in [1.807, 2.05) is 0 Å². The molecule has 8 heteroatoms. The Morgan fingerprint density at radius 3 is 0.586 bits per heavy atom. The van der Waals surface area contributed by atoms with Crippen LogP contribution in [0.1, 0.15) is 101 Å². The summed E-state index contributed by atoms with van der Waals surface area (Å²) in [7, 11) is 0. The maximum Gasteiger partial charge on any atom is 0.0620 e. The van der Waals surface area contributed by atoms with Gasteiger partial charge in [-0.25, -0.2) is 0 Å². The van der Waals surface area contributed by atoms with Gasteiger partial charge in [0.1, 0.15) is 0 Å². The number of hydrogen-bond donors (Lipinski definition) is 0. The Labute approximate surface area is 734 Å². The second-order valence-electron chi connectivity index (χ2n) is 37.6. The van der Waals surface area contributed by atoms with Gasteiger partial charge in [0.2, 0.25) is 0 Å². The molecule has 0 fully saturated rings. The smallest absolute Gasteiger partial charge is 0.0620 e. The van der Waals surface area contributed by atoms with E-state index in [4.69, 9.17) is 0 Å². The van der Waals surface area contributed by atoms with Crippen molar-refractivity contribution in [2.45, 2.75) is 79.1 Å². The van der Waals surface area contributed by atoms with Crippen molar-refractivity contribution in [3.8, 4) is 22.7 Å². The molecule has 0 saturated carbocycles. The Kier molecular flexibility index (Phi) is 13.9. The highest BCUT2D eigenvalue weighted by molar-refractivity contribution is 6.37. The average molecular weight is 1640 g/mol. The predicted octanol–water partition coefficient (Wildman–Crippen LogP) is 32.9. The third-order valence-corrected chi connectivity index (χ3v) is 29.7. The van der Waals surface area contributed by atoms with Gasteiger partial charge < -0.3 is 35.9 Å². The Morgan fingerprint density at radius 2 is 0.328 bits per heavy atom. The van der Waals surface area contributed by atoms with Crippen LogP contribution in [0.5, 0.6) is 0 Å². The first-order valence-corrected chi connectivity index (χ1v) is 45.7. The summed E-state index contributed by atoms with van der Waals surface area (Å²) in [6, 6.07) is 127. The summed E-state index contributed by atoms with van der Waals surface area (Å²) in [5.74, 6) is 1.03. The van der Waals surface area contributed by atoms with Crippen LogP contribution < -0.4 is 0 Å². The van der Waals surface area contributed by atoms with Gasteiger partial charge in [0, 0.05) is 152 Å². The first-order valence-electron chi connectivity index (χ1n) is 45.7. The molecule has 0 unspecified atom stereocenters. The quantitative estimate of drug-likeness (QED) is 0.145. The third kappa shape index (κ3) is 8.75. The Balaban J connectivity index is 0.000000127. The van der Waals surface area contributed by atoms with Gasteiger partial charge in [-0.15, -0.1) is 0 Å². The molecule has 0 amide bonds. The van der Waals surface area contributed by atoms with E-state index in [2.05, 4.69) is 431 Å². The molecule has 0 atom stereocenters. The van der Waals surface area contributed by atoms with Crippen LogP contribution in [0, 0.1) is 0 Å². The first kappa shape index (κ1) is 70.7. The van der Waals surface area contributed by atoms with E-state index in [1.54, 1.807) is 0 Å². The molecule has 12 aromatic heterocycles. The minimum Gasteiger partial charge on any atom is -0.309 e. The Hall–Kier alpha value is -15.6. The second-order valence-corrected chi connectivity index (χ2v) is 37.6. The van der Waals surface area contributed by atoms with Crippen molar-refractivity contribution in [3.05, 3.63) is 362 Å². The van der Waals surface area contributed by atoms with Crippen LogP contribution in [0.15, 0.2) is 340 Å². The minimum atomic E-state index is 0.253. The largest absolute Gasteiger partial charge is 0.309 e. The predicted molar refractivity (Wildman–Crippen MR) is 545 cm³/mol. The van der Waals surface area contributed by atoms with E-state index in [0.717, 1.165) is 0 Å². The highest BCUT2D eigenvalue weighted by Gasteiger charge is 2.36. The van der Waals surface area contributed by atoms with Gasteiger partial charge in [-0.3, -0.25) is 0 Å². The normalized spacial score (nSPS) is 13.0. The lowest BCUT2D eigenvalue weighted by Crippen LogP contribution is -2.01. The van der Waals surface area contributed by atoms with E-state index in [-0.39, 0.29) is 23.7 Å². The molecule has 0 N–H and O–H groups in total. The summed E-state index contributed by atoms with van der Waals surface area (Å²) in [5.41, 5.74) is 36.2. The van der Waals surface area contributed by atoms with Gasteiger partial charge >= 0.3 is 0 Å². The van der Waals surface area contributed by atoms with E-state index >= 15 is 0 Å². The molecule has 0 radical (unpaired) electrons. The maximum absolute atomic E-state index is 2.68. The first-order chi connectivity index (χ1) is 62.9. The summed E-state index contributed by atoms with van der Waals surface area (Å²) < 4.78 is 20.5. The van der Waals surface area contributed by atoms with Crippen molar-refractivity contribution in [2.24, 2.45) is 0 Å². The lowest BCUT2D eigenvalue weighted by Gasteiger charge is -2.19. The van der Waals surface area contributed by atoms with Gasteiger partial charge in [0.25, 0.3) is 0 Å². The molecule has 30 aromatic rings. The Bertz CT molecular complexity index is 9490. The highest BCUT2D eigenvalue weighted by Crippen LogP contribution is 2.57. The van der Waals surface area contributed by atoms with Crippen molar-refractivity contribution in [1.29, 1.82) is 0 Å². The van der Waals surface area contributed by atoms with Crippen LogP contribution >= 0.6 is 0 Å². The van der Waals surface area contributed by atoms with Crippen LogP contribution in [0.4, 0.5) is 0 Å². The van der Waals surface area contributed by atoms with Crippen molar-refractivity contribution in [1.82, 2.24) is 35.9 Å². The third-order valence-electron chi connectivity index (χ3n) is 29.7. The monoisotopic (exact) mass is 1640 g/mol. The van der Waals surface area contributed by atoms with E-state index in [0.29, 0.717) is 0 Å². The molecule has 0 aliphatic rings. The zero-order valence-electron chi connectivity index (χ0n) is 72.2. The van der Waals surface area contributed by atoms with Crippen molar-refractivity contribution < 1.29 is 0 Å². The molecule has 0 bridgehead atoms. The topological polar surface area (TPSA) is 37.4 Å². The Morgan fingerprint density at radius 1 is 0.141 bits per heavy atom. The summed E-state index contributed by atoms with van der Waals surface area (Å²) in [5, 5.41) is 31.7. The molecule has 0 aliphatic heterocycles. The summed E-state index contributed by atoms with van der Waals surface area (Å²) in [6.07, 6.45) is 0. The summed E-state index contributed by atoms with van der Waals surface area (Å²) in [4.78, 5) is 0. The fourth-order valence-corrected chi connectivity index (χ4v) is 25.1. The van der Waals surface area contributed by atoms with Gasteiger partial charge in [-0.2, -0.15) is 0 Å². The number of benzene rings is 18.